The van der Waals surface area contributed by atoms with E-state index in [-0.39, 0.29) is 5.69 Å². The number of amides is 1. The zero-order chi connectivity index (χ0) is 15.5. The van der Waals surface area contributed by atoms with Gasteiger partial charge in [-0.05, 0) is 12.1 Å². The SMILES string of the molecule is Cn1cc(NC(=O)c2ccc(N3CCNCC3)c(F)n2)cn1. The van der Waals surface area contributed by atoms with E-state index in [1.807, 2.05) is 4.90 Å². The summed E-state index contributed by atoms with van der Waals surface area (Å²) >= 11 is 0. The first-order chi connectivity index (χ1) is 10.6. The summed E-state index contributed by atoms with van der Waals surface area (Å²) in [5.41, 5.74) is 1.01. The number of halogens is 1. The molecule has 0 aromatic carbocycles. The van der Waals surface area contributed by atoms with Crippen LogP contribution >= 0.6 is 0 Å². The monoisotopic (exact) mass is 304 g/mol. The number of piperazine rings is 1. The average Bonchev–Trinajstić information content (AvgIpc) is 2.93. The molecule has 2 aromatic heterocycles. The molecule has 3 heterocycles. The van der Waals surface area contributed by atoms with Crippen LogP contribution in [0.2, 0.25) is 0 Å². The number of carbonyl (C=O) groups excluding carboxylic acids is 1. The van der Waals surface area contributed by atoms with E-state index in [1.54, 1.807) is 24.0 Å². The molecular formula is C14H17FN6O. The van der Waals surface area contributed by atoms with Gasteiger partial charge in [-0.25, -0.2) is 4.98 Å². The van der Waals surface area contributed by atoms with Gasteiger partial charge in [-0.1, -0.05) is 0 Å². The molecule has 8 heteroatoms. The summed E-state index contributed by atoms with van der Waals surface area (Å²) in [6.07, 6.45) is 3.17. The molecule has 1 aliphatic heterocycles. The van der Waals surface area contributed by atoms with Crippen LogP contribution in [0.5, 0.6) is 0 Å². The van der Waals surface area contributed by atoms with Crippen molar-refractivity contribution in [3.63, 3.8) is 0 Å². The van der Waals surface area contributed by atoms with Gasteiger partial charge in [-0.2, -0.15) is 9.49 Å². The Kier molecular flexibility index (Phi) is 4.01. The van der Waals surface area contributed by atoms with E-state index in [1.165, 1.54) is 12.3 Å². The molecule has 0 spiro atoms. The normalized spacial score (nSPS) is 14.9. The minimum Gasteiger partial charge on any atom is -0.365 e. The van der Waals surface area contributed by atoms with Crippen molar-refractivity contribution >= 4 is 17.3 Å². The lowest BCUT2D eigenvalue weighted by atomic mass is 10.2. The van der Waals surface area contributed by atoms with Gasteiger partial charge in [0.25, 0.3) is 5.91 Å². The third-order valence-electron chi connectivity index (χ3n) is 3.48. The molecule has 0 radical (unpaired) electrons. The third kappa shape index (κ3) is 3.06. The van der Waals surface area contributed by atoms with Crippen molar-refractivity contribution < 1.29 is 9.18 Å². The molecule has 0 bridgehead atoms. The largest absolute Gasteiger partial charge is 0.365 e. The van der Waals surface area contributed by atoms with E-state index < -0.39 is 11.9 Å². The summed E-state index contributed by atoms with van der Waals surface area (Å²) in [6, 6.07) is 3.14. The number of aryl methyl sites for hydroxylation is 1. The molecule has 0 aliphatic carbocycles. The summed E-state index contributed by atoms with van der Waals surface area (Å²) in [7, 11) is 1.75. The fraction of sp³-hybridized carbons (Fsp3) is 0.357. The number of anilines is 2. The number of carbonyl (C=O) groups is 1. The van der Waals surface area contributed by atoms with Crippen LogP contribution in [0.1, 0.15) is 10.5 Å². The van der Waals surface area contributed by atoms with E-state index >= 15 is 0 Å². The molecule has 0 unspecified atom stereocenters. The maximum absolute atomic E-state index is 14.2. The van der Waals surface area contributed by atoms with Crippen molar-refractivity contribution in [3.8, 4) is 0 Å². The van der Waals surface area contributed by atoms with E-state index in [0.29, 0.717) is 11.4 Å². The number of nitrogens with one attached hydrogen (secondary N) is 2. The highest BCUT2D eigenvalue weighted by molar-refractivity contribution is 6.02. The quantitative estimate of drug-likeness (QED) is 0.813. The van der Waals surface area contributed by atoms with Crippen LogP contribution in [0.4, 0.5) is 15.8 Å². The summed E-state index contributed by atoms with van der Waals surface area (Å²) in [5, 5.41) is 9.79. The molecule has 22 heavy (non-hydrogen) atoms. The topological polar surface area (TPSA) is 75.1 Å². The summed E-state index contributed by atoms with van der Waals surface area (Å²) in [4.78, 5) is 17.8. The minimum atomic E-state index is -0.624. The first-order valence-electron chi connectivity index (χ1n) is 7.06. The average molecular weight is 304 g/mol. The summed E-state index contributed by atoms with van der Waals surface area (Å²) < 4.78 is 15.7. The van der Waals surface area contributed by atoms with Crippen molar-refractivity contribution in [1.82, 2.24) is 20.1 Å². The number of pyridine rings is 1. The Morgan fingerprint density at radius 1 is 1.36 bits per heavy atom. The lowest BCUT2D eigenvalue weighted by Crippen LogP contribution is -2.44. The van der Waals surface area contributed by atoms with E-state index in [4.69, 9.17) is 0 Å². The number of nitrogens with zero attached hydrogens (tertiary/aromatic N) is 4. The smallest absolute Gasteiger partial charge is 0.274 e. The zero-order valence-corrected chi connectivity index (χ0v) is 12.2. The highest BCUT2D eigenvalue weighted by atomic mass is 19.1. The molecule has 2 N–H and O–H groups in total. The lowest BCUT2D eigenvalue weighted by molar-refractivity contribution is 0.102. The predicted octanol–water partition coefficient (Wildman–Crippen LogP) is 0.616. The zero-order valence-electron chi connectivity index (χ0n) is 12.2. The van der Waals surface area contributed by atoms with Gasteiger partial charge < -0.3 is 15.5 Å². The first-order valence-corrected chi connectivity index (χ1v) is 7.06. The molecule has 0 saturated carbocycles. The van der Waals surface area contributed by atoms with Crippen LogP contribution in [0.3, 0.4) is 0 Å². The molecule has 3 rings (SSSR count). The second-order valence-corrected chi connectivity index (χ2v) is 5.10. The van der Waals surface area contributed by atoms with Gasteiger partial charge in [0, 0.05) is 39.4 Å². The Balaban J connectivity index is 1.74. The standard InChI is InChI=1S/C14H17FN6O/c1-20-9-10(8-17-20)18-14(22)11-2-3-12(13(15)19-11)21-6-4-16-5-7-21/h2-3,8-9,16H,4-7H2,1H3,(H,18,22). The number of rotatable bonds is 3. The van der Waals surface area contributed by atoms with Crippen LogP contribution in [-0.2, 0) is 7.05 Å². The van der Waals surface area contributed by atoms with E-state index in [2.05, 4.69) is 20.7 Å². The maximum atomic E-state index is 14.2. The van der Waals surface area contributed by atoms with Crippen LogP contribution < -0.4 is 15.5 Å². The van der Waals surface area contributed by atoms with Crippen molar-refractivity contribution in [1.29, 1.82) is 0 Å². The lowest BCUT2D eigenvalue weighted by Gasteiger charge is -2.29. The van der Waals surface area contributed by atoms with Gasteiger partial charge in [0.2, 0.25) is 5.95 Å². The molecule has 1 saturated heterocycles. The number of hydrogen-bond acceptors (Lipinski definition) is 5. The van der Waals surface area contributed by atoms with Crippen molar-refractivity contribution in [3.05, 3.63) is 36.2 Å². The highest BCUT2D eigenvalue weighted by Crippen LogP contribution is 2.19. The van der Waals surface area contributed by atoms with Gasteiger partial charge in [-0.15, -0.1) is 0 Å². The molecule has 1 amide bonds. The van der Waals surface area contributed by atoms with Crippen molar-refractivity contribution in [2.24, 2.45) is 7.05 Å². The van der Waals surface area contributed by atoms with Crippen LogP contribution in [0.25, 0.3) is 0 Å². The fourth-order valence-corrected chi connectivity index (χ4v) is 2.38. The van der Waals surface area contributed by atoms with Gasteiger partial charge >= 0.3 is 0 Å². The number of hydrogen-bond donors (Lipinski definition) is 2. The molecule has 7 nitrogen and oxygen atoms in total. The van der Waals surface area contributed by atoms with Gasteiger partial charge in [0.05, 0.1) is 17.6 Å². The second-order valence-electron chi connectivity index (χ2n) is 5.10. The van der Waals surface area contributed by atoms with Crippen molar-refractivity contribution in [2.75, 3.05) is 36.4 Å². The highest BCUT2D eigenvalue weighted by Gasteiger charge is 2.18. The first kappa shape index (κ1) is 14.5. The van der Waals surface area contributed by atoms with Crippen LogP contribution in [-0.4, -0.2) is 46.9 Å². The van der Waals surface area contributed by atoms with Gasteiger partial charge in [-0.3, -0.25) is 9.48 Å². The van der Waals surface area contributed by atoms with Crippen LogP contribution in [0, 0.1) is 5.95 Å². The van der Waals surface area contributed by atoms with Crippen molar-refractivity contribution in [2.45, 2.75) is 0 Å². The molecule has 0 atom stereocenters. The predicted molar refractivity (Wildman–Crippen MR) is 80.4 cm³/mol. The molecule has 116 valence electrons. The molecule has 1 fully saturated rings. The molecule has 1 aliphatic rings. The van der Waals surface area contributed by atoms with Crippen LogP contribution in [0.15, 0.2) is 24.5 Å². The number of aromatic nitrogens is 3. The second kappa shape index (κ2) is 6.10. The minimum absolute atomic E-state index is 0.0419. The summed E-state index contributed by atoms with van der Waals surface area (Å²) in [6.45, 7) is 3.06. The van der Waals surface area contributed by atoms with Gasteiger partial charge in [0.1, 0.15) is 5.69 Å². The fourth-order valence-electron chi connectivity index (χ4n) is 2.38. The Bertz CT molecular complexity index is 680. The Labute approximate surface area is 127 Å². The molecular weight excluding hydrogens is 287 g/mol. The van der Waals surface area contributed by atoms with E-state index in [9.17, 15) is 9.18 Å². The summed E-state index contributed by atoms with van der Waals surface area (Å²) in [5.74, 6) is -1.08. The van der Waals surface area contributed by atoms with Gasteiger partial charge in [0.15, 0.2) is 0 Å². The van der Waals surface area contributed by atoms with E-state index in [0.717, 1.165) is 26.2 Å². The maximum Gasteiger partial charge on any atom is 0.274 e. The Morgan fingerprint density at radius 3 is 2.77 bits per heavy atom. The third-order valence-corrected chi connectivity index (χ3v) is 3.48. The molecule has 2 aromatic rings. The Morgan fingerprint density at radius 2 is 2.14 bits per heavy atom. The Hall–Kier alpha value is -2.48.